The molecule has 1 unspecified atom stereocenters. The van der Waals surface area contributed by atoms with Gasteiger partial charge >= 0.3 is 0 Å². The van der Waals surface area contributed by atoms with Crippen LogP contribution in [-0.2, 0) is 6.54 Å². The lowest BCUT2D eigenvalue weighted by atomic mass is 9.96. The fourth-order valence-corrected chi connectivity index (χ4v) is 1.50. The van der Waals surface area contributed by atoms with Gasteiger partial charge in [-0.2, -0.15) is 0 Å². The lowest BCUT2D eigenvalue weighted by Crippen LogP contribution is -2.38. The predicted molar refractivity (Wildman–Crippen MR) is 69.8 cm³/mol. The maximum absolute atomic E-state index is 11.6. The van der Waals surface area contributed by atoms with Gasteiger partial charge in [-0.15, -0.1) is 0 Å². The highest BCUT2D eigenvalue weighted by Crippen LogP contribution is 2.15. The first-order valence-electron chi connectivity index (χ1n) is 6.14. The molecule has 0 radical (unpaired) electrons. The molecule has 0 bridgehead atoms. The minimum atomic E-state index is -0.0279. The van der Waals surface area contributed by atoms with Crippen LogP contribution in [0.2, 0.25) is 0 Å². The third-order valence-electron chi connectivity index (χ3n) is 2.27. The molecule has 90 valence electrons. The van der Waals surface area contributed by atoms with E-state index >= 15 is 0 Å². The molecule has 0 fully saturated rings. The van der Waals surface area contributed by atoms with E-state index in [1.165, 1.54) is 0 Å². The largest absolute Gasteiger partial charge is 0.303 e. The van der Waals surface area contributed by atoms with Crippen LogP contribution in [0.25, 0.3) is 0 Å². The quantitative estimate of drug-likeness (QED) is 0.727. The Kier molecular flexibility index (Phi) is 7.48. The van der Waals surface area contributed by atoms with Crippen molar-refractivity contribution in [2.75, 3.05) is 0 Å². The number of hydrogen-bond acceptors (Lipinski definition) is 2. The highest BCUT2D eigenvalue weighted by Gasteiger charge is 2.21. The molecular formula is C14H23NO. The van der Waals surface area contributed by atoms with Crippen LogP contribution in [0.3, 0.4) is 0 Å². The molecule has 1 aromatic rings. The summed E-state index contributed by atoms with van der Waals surface area (Å²) in [5.74, 6) is 0.205. The molecule has 1 atom stereocenters. The van der Waals surface area contributed by atoms with Crippen LogP contribution in [0, 0.1) is 0 Å². The second-order valence-electron chi connectivity index (χ2n) is 3.12. The second kappa shape index (κ2) is 8.05. The Hall–Kier alpha value is -1.15. The van der Waals surface area contributed by atoms with Crippen molar-refractivity contribution in [1.82, 2.24) is 5.32 Å². The number of Topliss-reactive ketones (excluding diaryl/α,β-unsaturated/α-hetero) is 1. The van der Waals surface area contributed by atoms with E-state index in [0.29, 0.717) is 0 Å². The number of carbonyl (C=O) groups excluding carboxylic acids is 1. The Balaban J connectivity index is 0.000000509. The van der Waals surface area contributed by atoms with Crippen LogP contribution in [0.5, 0.6) is 0 Å². The van der Waals surface area contributed by atoms with Crippen LogP contribution in [-0.4, -0.2) is 11.8 Å². The number of benzene rings is 1. The Bertz CT molecular complexity index is 320. The van der Waals surface area contributed by atoms with Crippen molar-refractivity contribution in [3.8, 4) is 0 Å². The molecule has 0 spiro atoms. The number of rotatable bonds is 0. The minimum absolute atomic E-state index is 0.0279. The maximum Gasteiger partial charge on any atom is 0.179 e. The summed E-state index contributed by atoms with van der Waals surface area (Å²) in [7, 11) is 0. The molecule has 0 aliphatic carbocycles. The molecule has 2 nitrogen and oxygen atoms in total. The Morgan fingerprint density at radius 3 is 2.31 bits per heavy atom. The first-order valence-corrected chi connectivity index (χ1v) is 6.14. The van der Waals surface area contributed by atoms with Gasteiger partial charge in [-0.3, -0.25) is 4.79 Å². The standard InChI is InChI=1S/C10H11NO.2C2H6/c1-7-10(12)9-5-3-2-4-8(9)6-11-7;2*1-2/h2-5,7,11H,6H2,1H3;2*1-2H3. The van der Waals surface area contributed by atoms with Crippen molar-refractivity contribution in [3.63, 3.8) is 0 Å². The molecular weight excluding hydrogens is 198 g/mol. The summed E-state index contributed by atoms with van der Waals surface area (Å²) in [6.45, 7) is 10.7. The van der Waals surface area contributed by atoms with Gasteiger partial charge in [0, 0.05) is 12.1 Å². The molecule has 2 heteroatoms. The van der Waals surface area contributed by atoms with Gasteiger partial charge in [0.25, 0.3) is 0 Å². The lowest BCUT2D eigenvalue weighted by molar-refractivity contribution is 0.0939. The van der Waals surface area contributed by atoms with Crippen LogP contribution < -0.4 is 5.32 Å². The third kappa shape index (κ3) is 3.46. The minimum Gasteiger partial charge on any atom is -0.303 e. The highest BCUT2D eigenvalue weighted by atomic mass is 16.1. The summed E-state index contributed by atoms with van der Waals surface area (Å²) in [5, 5.41) is 3.14. The topological polar surface area (TPSA) is 29.1 Å². The predicted octanol–water partition coefficient (Wildman–Crippen LogP) is 3.41. The number of carbonyl (C=O) groups is 1. The van der Waals surface area contributed by atoms with Gasteiger partial charge in [0.2, 0.25) is 0 Å². The summed E-state index contributed by atoms with van der Waals surface area (Å²) in [6, 6.07) is 7.74. The average Bonchev–Trinajstić information content (AvgIpc) is 2.39. The zero-order chi connectivity index (χ0) is 12.6. The smallest absolute Gasteiger partial charge is 0.179 e. The molecule has 2 rings (SSSR count). The van der Waals surface area contributed by atoms with E-state index in [-0.39, 0.29) is 11.8 Å². The van der Waals surface area contributed by atoms with E-state index in [4.69, 9.17) is 0 Å². The van der Waals surface area contributed by atoms with Crippen molar-refractivity contribution < 1.29 is 4.79 Å². The van der Waals surface area contributed by atoms with Gasteiger partial charge in [0.1, 0.15) is 0 Å². The summed E-state index contributed by atoms with van der Waals surface area (Å²) in [4.78, 5) is 11.6. The zero-order valence-corrected chi connectivity index (χ0v) is 11.0. The second-order valence-corrected chi connectivity index (χ2v) is 3.12. The molecule has 0 amide bonds. The number of hydrogen-bond donors (Lipinski definition) is 1. The van der Waals surface area contributed by atoms with E-state index in [1.807, 2.05) is 58.9 Å². The molecule has 1 N–H and O–H groups in total. The van der Waals surface area contributed by atoms with E-state index < -0.39 is 0 Å². The van der Waals surface area contributed by atoms with E-state index in [0.717, 1.165) is 17.7 Å². The molecule has 1 aliphatic heterocycles. The van der Waals surface area contributed by atoms with E-state index in [2.05, 4.69) is 5.32 Å². The van der Waals surface area contributed by atoms with Crippen molar-refractivity contribution in [2.24, 2.45) is 0 Å². The summed E-state index contributed by atoms with van der Waals surface area (Å²) >= 11 is 0. The first kappa shape index (κ1) is 14.8. The number of fused-ring (bicyclic) bond motifs is 1. The van der Waals surface area contributed by atoms with Crippen LogP contribution in [0.1, 0.15) is 50.5 Å². The monoisotopic (exact) mass is 221 g/mol. The average molecular weight is 221 g/mol. The van der Waals surface area contributed by atoms with Crippen molar-refractivity contribution in [3.05, 3.63) is 35.4 Å². The van der Waals surface area contributed by atoms with E-state index in [1.54, 1.807) is 0 Å². The molecule has 1 aromatic carbocycles. The molecule has 0 aromatic heterocycles. The Morgan fingerprint density at radius 1 is 1.12 bits per heavy atom. The zero-order valence-electron chi connectivity index (χ0n) is 11.0. The number of nitrogens with one attached hydrogen (secondary N) is 1. The van der Waals surface area contributed by atoms with Crippen LogP contribution in [0.15, 0.2) is 24.3 Å². The molecule has 1 heterocycles. The normalized spacial score (nSPS) is 17.3. The lowest BCUT2D eigenvalue weighted by Gasteiger charge is -2.21. The number of ketones is 1. The summed E-state index contributed by atoms with van der Waals surface area (Å²) in [6.07, 6.45) is 0. The first-order chi connectivity index (χ1) is 7.79. The van der Waals surface area contributed by atoms with Gasteiger partial charge in [0.15, 0.2) is 5.78 Å². The van der Waals surface area contributed by atoms with E-state index in [9.17, 15) is 4.79 Å². The fraction of sp³-hybridized carbons (Fsp3) is 0.500. The Morgan fingerprint density at radius 2 is 1.69 bits per heavy atom. The van der Waals surface area contributed by atoms with Crippen molar-refractivity contribution in [2.45, 2.75) is 47.2 Å². The molecule has 0 saturated carbocycles. The third-order valence-corrected chi connectivity index (χ3v) is 2.27. The van der Waals surface area contributed by atoms with Gasteiger partial charge < -0.3 is 5.32 Å². The molecule has 1 aliphatic rings. The van der Waals surface area contributed by atoms with Gasteiger partial charge in [-0.25, -0.2) is 0 Å². The van der Waals surface area contributed by atoms with Crippen molar-refractivity contribution in [1.29, 1.82) is 0 Å². The Labute approximate surface area is 99.1 Å². The fourth-order valence-electron chi connectivity index (χ4n) is 1.50. The summed E-state index contributed by atoms with van der Waals surface area (Å²) in [5.41, 5.74) is 1.99. The van der Waals surface area contributed by atoms with Gasteiger partial charge in [-0.05, 0) is 12.5 Å². The van der Waals surface area contributed by atoms with Gasteiger partial charge in [-0.1, -0.05) is 52.0 Å². The van der Waals surface area contributed by atoms with Gasteiger partial charge in [0.05, 0.1) is 6.04 Å². The van der Waals surface area contributed by atoms with Crippen molar-refractivity contribution >= 4 is 5.78 Å². The SMILES string of the molecule is CC.CC.CC1NCc2ccccc2C1=O. The molecule has 16 heavy (non-hydrogen) atoms. The van der Waals surface area contributed by atoms with Crippen LogP contribution >= 0.6 is 0 Å². The molecule has 0 saturated heterocycles. The maximum atomic E-state index is 11.6. The summed E-state index contributed by atoms with van der Waals surface area (Å²) < 4.78 is 0. The highest BCUT2D eigenvalue weighted by molar-refractivity contribution is 6.01. The van der Waals surface area contributed by atoms with Crippen LogP contribution in [0.4, 0.5) is 0 Å².